The Morgan fingerprint density at radius 3 is 2.77 bits per heavy atom. The van der Waals surface area contributed by atoms with Gasteiger partial charge in [-0.3, -0.25) is 4.79 Å². The molecule has 0 spiro atoms. The average molecular weight is 306 g/mol. The molecule has 1 aromatic heterocycles. The molecule has 1 amide bonds. The summed E-state index contributed by atoms with van der Waals surface area (Å²) in [6, 6.07) is 7.05. The molecule has 1 atom stereocenters. The molecule has 1 aliphatic heterocycles. The van der Waals surface area contributed by atoms with Crippen LogP contribution in [0, 0.1) is 11.6 Å². The number of nitrogens with zero attached hydrogens (tertiary/aromatic N) is 2. The second-order valence-corrected chi connectivity index (χ2v) is 5.32. The Bertz CT molecular complexity index is 699. The van der Waals surface area contributed by atoms with Crippen LogP contribution in [0.25, 0.3) is 0 Å². The Labute approximate surface area is 126 Å². The third-order valence-corrected chi connectivity index (χ3v) is 3.89. The summed E-state index contributed by atoms with van der Waals surface area (Å²) < 4.78 is 33.8. The van der Waals surface area contributed by atoms with Crippen molar-refractivity contribution in [3.63, 3.8) is 0 Å². The van der Waals surface area contributed by atoms with Gasteiger partial charge in [-0.15, -0.1) is 0 Å². The van der Waals surface area contributed by atoms with Crippen LogP contribution >= 0.6 is 0 Å². The molecule has 4 nitrogen and oxygen atoms in total. The lowest BCUT2D eigenvalue weighted by molar-refractivity contribution is 0.0458. The van der Waals surface area contributed by atoms with Crippen LogP contribution in [0.3, 0.4) is 0 Å². The predicted octanol–water partition coefficient (Wildman–Crippen LogP) is 2.44. The van der Waals surface area contributed by atoms with Crippen LogP contribution in [0.2, 0.25) is 0 Å². The van der Waals surface area contributed by atoms with Gasteiger partial charge in [0.2, 0.25) is 0 Å². The molecule has 0 N–H and O–H groups in total. The van der Waals surface area contributed by atoms with Gasteiger partial charge >= 0.3 is 0 Å². The van der Waals surface area contributed by atoms with E-state index in [2.05, 4.69) is 0 Å². The molecule has 0 saturated carbocycles. The third-order valence-electron chi connectivity index (χ3n) is 3.89. The first-order valence-corrected chi connectivity index (χ1v) is 6.99. The number of amides is 1. The molecule has 116 valence electrons. The quantitative estimate of drug-likeness (QED) is 0.854. The molecule has 0 radical (unpaired) electrons. The molecule has 0 saturated heterocycles. The zero-order valence-corrected chi connectivity index (χ0v) is 12.1. The van der Waals surface area contributed by atoms with Crippen molar-refractivity contribution >= 4 is 5.91 Å². The first kappa shape index (κ1) is 14.7. The molecular formula is C16H16F2N2O2. The summed E-state index contributed by atoms with van der Waals surface area (Å²) in [6.45, 7) is 1.46. The molecule has 0 aliphatic carbocycles. The highest BCUT2D eigenvalue weighted by Crippen LogP contribution is 2.18. The maximum atomic E-state index is 13.3. The second kappa shape index (κ2) is 5.88. The SMILES string of the molecule is CO[C@H]1CN(C(=O)c2ccc(F)c(F)c2)Cc2cccn2C1. The second-order valence-electron chi connectivity index (χ2n) is 5.32. The summed E-state index contributed by atoms with van der Waals surface area (Å²) in [6.07, 6.45) is 1.79. The van der Waals surface area contributed by atoms with Crippen molar-refractivity contribution in [1.82, 2.24) is 9.47 Å². The van der Waals surface area contributed by atoms with E-state index >= 15 is 0 Å². The molecule has 1 aliphatic rings. The van der Waals surface area contributed by atoms with Crippen molar-refractivity contribution in [1.29, 1.82) is 0 Å². The molecular weight excluding hydrogens is 290 g/mol. The largest absolute Gasteiger partial charge is 0.378 e. The van der Waals surface area contributed by atoms with Gasteiger partial charge in [0.1, 0.15) is 0 Å². The molecule has 0 unspecified atom stereocenters. The molecule has 1 aromatic carbocycles. The van der Waals surface area contributed by atoms with Crippen molar-refractivity contribution in [2.45, 2.75) is 19.2 Å². The summed E-state index contributed by atoms with van der Waals surface area (Å²) in [5, 5.41) is 0. The maximum absolute atomic E-state index is 13.3. The van der Waals surface area contributed by atoms with Crippen LogP contribution in [0.1, 0.15) is 16.1 Å². The molecule has 0 bridgehead atoms. The number of fused-ring (bicyclic) bond motifs is 1. The topological polar surface area (TPSA) is 34.5 Å². The normalized spacial score (nSPS) is 18.0. The number of ether oxygens (including phenoxy) is 1. The van der Waals surface area contributed by atoms with Crippen molar-refractivity contribution in [3.8, 4) is 0 Å². The van der Waals surface area contributed by atoms with Gasteiger partial charge in [-0.25, -0.2) is 8.78 Å². The van der Waals surface area contributed by atoms with Gasteiger partial charge in [0, 0.05) is 31.1 Å². The fourth-order valence-electron chi connectivity index (χ4n) is 2.67. The van der Waals surface area contributed by atoms with Crippen LogP contribution in [0.15, 0.2) is 36.5 Å². The third kappa shape index (κ3) is 2.74. The lowest BCUT2D eigenvalue weighted by Crippen LogP contribution is -2.36. The highest BCUT2D eigenvalue weighted by Gasteiger charge is 2.25. The van der Waals surface area contributed by atoms with Crippen LogP contribution in [-0.2, 0) is 17.8 Å². The average Bonchev–Trinajstić information content (AvgIpc) is 2.87. The molecule has 2 heterocycles. The van der Waals surface area contributed by atoms with Gasteiger partial charge < -0.3 is 14.2 Å². The number of methoxy groups -OCH3 is 1. The van der Waals surface area contributed by atoms with E-state index in [4.69, 9.17) is 4.74 Å². The Morgan fingerprint density at radius 2 is 2.05 bits per heavy atom. The lowest BCUT2D eigenvalue weighted by Gasteiger charge is -2.23. The molecule has 3 rings (SSSR count). The highest BCUT2D eigenvalue weighted by molar-refractivity contribution is 5.94. The minimum atomic E-state index is -1.02. The van der Waals surface area contributed by atoms with E-state index in [1.807, 2.05) is 22.9 Å². The number of rotatable bonds is 2. The number of carbonyl (C=O) groups is 1. The molecule has 6 heteroatoms. The first-order chi connectivity index (χ1) is 10.6. The van der Waals surface area contributed by atoms with Gasteiger partial charge in [0.05, 0.1) is 19.2 Å². The van der Waals surface area contributed by atoms with Crippen LogP contribution < -0.4 is 0 Å². The summed E-state index contributed by atoms with van der Waals surface area (Å²) in [7, 11) is 1.60. The zero-order chi connectivity index (χ0) is 15.7. The van der Waals surface area contributed by atoms with Gasteiger partial charge in [-0.05, 0) is 30.3 Å². The van der Waals surface area contributed by atoms with Crippen molar-refractivity contribution in [3.05, 3.63) is 59.4 Å². The number of aromatic nitrogens is 1. The van der Waals surface area contributed by atoms with Gasteiger partial charge in [-0.2, -0.15) is 0 Å². The van der Waals surface area contributed by atoms with E-state index in [1.54, 1.807) is 12.0 Å². The standard InChI is InChI=1S/C16H16F2N2O2/c1-22-13-9-19-6-2-3-12(19)8-20(10-13)16(21)11-4-5-14(17)15(18)7-11/h2-7,13H,8-10H2,1H3/t13-/m1/s1. The summed E-state index contributed by atoms with van der Waals surface area (Å²) in [4.78, 5) is 14.2. The van der Waals surface area contributed by atoms with Crippen LogP contribution in [-0.4, -0.2) is 35.1 Å². The van der Waals surface area contributed by atoms with Crippen molar-refractivity contribution < 1.29 is 18.3 Å². The minimum Gasteiger partial charge on any atom is -0.378 e. The Kier molecular flexibility index (Phi) is 3.94. The van der Waals surface area contributed by atoms with Gasteiger partial charge in [0.15, 0.2) is 11.6 Å². The van der Waals surface area contributed by atoms with Gasteiger partial charge in [-0.1, -0.05) is 0 Å². The van der Waals surface area contributed by atoms with Crippen LogP contribution in [0.5, 0.6) is 0 Å². The van der Waals surface area contributed by atoms with E-state index in [0.717, 1.165) is 17.8 Å². The number of hydrogen-bond donors (Lipinski definition) is 0. The van der Waals surface area contributed by atoms with E-state index < -0.39 is 11.6 Å². The smallest absolute Gasteiger partial charge is 0.254 e. The first-order valence-electron chi connectivity index (χ1n) is 6.99. The number of carbonyl (C=O) groups excluding carboxylic acids is 1. The molecule has 0 fully saturated rings. The fourth-order valence-corrected chi connectivity index (χ4v) is 2.67. The van der Waals surface area contributed by atoms with Crippen molar-refractivity contribution in [2.75, 3.05) is 13.7 Å². The number of benzene rings is 1. The molecule has 2 aromatic rings. The van der Waals surface area contributed by atoms with Crippen molar-refractivity contribution in [2.24, 2.45) is 0 Å². The summed E-state index contributed by atoms with van der Waals surface area (Å²) >= 11 is 0. The highest BCUT2D eigenvalue weighted by atomic mass is 19.2. The lowest BCUT2D eigenvalue weighted by atomic mass is 10.1. The predicted molar refractivity (Wildman–Crippen MR) is 76.3 cm³/mol. The Hall–Kier alpha value is -2.21. The van der Waals surface area contributed by atoms with E-state index in [0.29, 0.717) is 19.6 Å². The Balaban J connectivity index is 1.89. The van der Waals surface area contributed by atoms with E-state index in [9.17, 15) is 13.6 Å². The summed E-state index contributed by atoms with van der Waals surface area (Å²) in [5.41, 5.74) is 1.12. The Morgan fingerprint density at radius 1 is 1.23 bits per heavy atom. The number of halogens is 2. The van der Waals surface area contributed by atoms with Gasteiger partial charge in [0.25, 0.3) is 5.91 Å². The minimum absolute atomic E-state index is 0.133. The molecule has 22 heavy (non-hydrogen) atoms. The van der Waals surface area contributed by atoms with E-state index in [-0.39, 0.29) is 17.6 Å². The monoisotopic (exact) mass is 306 g/mol. The van der Waals surface area contributed by atoms with Crippen LogP contribution in [0.4, 0.5) is 8.78 Å². The zero-order valence-electron chi connectivity index (χ0n) is 12.1. The number of hydrogen-bond acceptors (Lipinski definition) is 2. The maximum Gasteiger partial charge on any atom is 0.254 e. The summed E-state index contributed by atoms with van der Waals surface area (Å²) in [5.74, 6) is -2.32. The fraction of sp³-hybridized carbons (Fsp3) is 0.312. The van der Waals surface area contributed by atoms with E-state index in [1.165, 1.54) is 6.07 Å².